The first kappa shape index (κ1) is 32.7. The van der Waals surface area contributed by atoms with Gasteiger partial charge in [-0.3, -0.25) is 13.9 Å². The summed E-state index contributed by atoms with van der Waals surface area (Å²) >= 11 is 18.6. The van der Waals surface area contributed by atoms with E-state index in [-0.39, 0.29) is 29.5 Å². The van der Waals surface area contributed by atoms with Crippen LogP contribution in [0.5, 0.6) is 0 Å². The third-order valence-electron chi connectivity index (χ3n) is 6.21. The molecule has 0 aromatic heterocycles. The van der Waals surface area contributed by atoms with Crippen LogP contribution in [0.15, 0.2) is 71.6 Å². The molecule has 220 valence electrons. The summed E-state index contributed by atoms with van der Waals surface area (Å²) < 4.78 is 28.8. The van der Waals surface area contributed by atoms with Crippen LogP contribution >= 0.6 is 34.8 Å². The molecule has 0 saturated heterocycles. The summed E-state index contributed by atoms with van der Waals surface area (Å²) in [6.07, 6.45) is 0.289. The first-order chi connectivity index (χ1) is 19.1. The maximum atomic E-state index is 14.1. The third kappa shape index (κ3) is 8.61. The van der Waals surface area contributed by atoms with E-state index in [0.29, 0.717) is 20.6 Å². The number of nitrogens with one attached hydrogen (secondary N) is 1. The van der Waals surface area contributed by atoms with Gasteiger partial charge in [0.1, 0.15) is 12.6 Å². The van der Waals surface area contributed by atoms with Crippen molar-refractivity contribution in [3.8, 4) is 0 Å². The minimum Gasteiger partial charge on any atom is -0.350 e. The number of rotatable bonds is 10. The Kier molecular flexibility index (Phi) is 10.7. The van der Waals surface area contributed by atoms with Gasteiger partial charge in [0, 0.05) is 17.1 Å². The maximum absolute atomic E-state index is 14.1. The molecule has 0 fully saturated rings. The van der Waals surface area contributed by atoms with Crippen LogP contribution in [0.2, 0.25) is 15.1 Å². The van der Waals surface area contributed by atoms with E-state index < -0.39 is 34.1 Å². The molecule has 7 nitrogen and oxygen atoms in total. The van der Waals surface area contributed by atoms with Crippen molar-refractivity contribution in [1.29, 1.82) is 0 Å². The second-order valence-corrected chi connectivity index (χ2v) is 13.9. The molecule has 3 aromatic carbocycles. The van der Waals surface area contributed by atoms with E-state index in [2.05, 4.69) is 5.32 Å². The molecule has 3 rings (SSSR count). The molecule has 11 heteroatoms. The molecule has 0 aliphatic heterocycles. The first-order valence-electron chi connectivity index (χ1n) is 13.0. The van der Waals surface area contributed by atoms with Crippen molar-refractivity contribution < 1.29 is 18.0 Å². The Labute approximate surface area is 257 Å². The molecule has 2 amide bonds. The summed E-state index contributed by atoms with van der Waals surface area (Å²) in [7, 11) is -4.19. The second-order valence-electron chi connectivity index (χ2n) is 10.7. The topological polar surface area (TPSA) is 86.8 Å². The molecular formula is C30H34Cl3N3O4S. The molecule has 0 radical (unpaired) electrons. The van der Waals surface area contributed by atoms with Crippen molar-refractivity contribution in [3.05, 3.63) is 92.9 Å². The summed E-state index contributed by atoms with van der Waals surface area (Å²) in [4.78, 5) is 28.9. The van der Waals surface area contributed by atoms with Gasteiger partial charge in [0.15, 0.2) is 0 Å². The van der Waals surface area contributed by atoms with Crippen molar-refractivity contribution in [2.24, 2.45) is 0 Å². The van der Waals surface area contributed by atoms with Gasteiger partial charge in [0.05, 0.1) is 20.6 Å². The number of anilines is 1. The van der Waals surface area contributed by atoms with E-state index in [1.165, 1.54) is 23.1 Å². The molecule has 3 aromatic rings. The van der Waals surface area contributed by atoms with Crippen molar-refractivity contribution in [2.75, 3.05) is 10.8 Å². The molecule has 1 atom stereocenters. The largest absolute Gasteiger partial charge is 0.350 e. The van der Waals surface area contributed by atoms with Crippen molar-refractivity contribution in [3.63, 3.8) is 0 Å². The van der Waals surface area contributed by atoms with Crippen LogP contribution in [0.1, 0.15) is 45.2 Å². The van der Waals surface area contributed by atoms with Crippen molar-refractivity contribution in [1.82, 2.24) is 10.2 Å². The van der Waals surface area contributed by atoms with Crippen molar-refractivity contribution >= 4 is 62.3 Å². The summed E-state index contributed by atoms with van der Waals surface area (Å²) in [5.41, 5.74) is 1.18. The Bertz CT molecular complexity index is 1510. The van der Waals surface area contributed by atoms with E-state index in [9.17, 15) is 18.0 Å². The zero-order valence-electron chi connectivity index (χ0n) is 23.6. The van der Waals surface area contributed by atoms with E-state index in [1.54, 1.807) is 55.5 Å². The normalized spacial score (nSPS) is 12.5. The Morgan fingerprint density at radius 2 is 1.59 bits per heavy atom. The lowest BCUT2D eigenvalue weighted by molar-refractivity contribution is -0.141. The lowest BCUT2D eigenvalue weighted by Crippen LogP contribution is -2.55. The van der Waals surface area contributed by atoms with E-state index >= 15 is 0 Å². The number of amides is 2. The molecule has 0 heterocycles. The molecule has 0 bridgehead atoms. The summed E-state index contributed by atoms with van der Waals surface area (Å²) in [6.45, 7) is 8.60. The highest BCUT2D eigenvalue weighted by Crippen LogP contribution is 2.28. The number of hydrogen-bond donors (Lipinski definition) is 1. The fourth-order valence-electron chi connectivity index (χ4n) is 4.20. The van der Waals surface area contributed by atoms with E-state index in [0.717, 1.165) is 9.87 Å². The number of aryl methyl sites for hydroxylation is 1. The average molecular weight is 639 g/mol. The lowest BCUT2D eigenvalue weighted by atomic mass is 10.1. The number of benzene rings is 3. The highest BCUT2D eigenvalue weighted by atomic mass is 35.5. The van der Waals surface area contributed by atoms with Gasteiger partial charge in [-0.25, -0.2) is 8.42 Å². The SMILES string of the molecule is CCC(C(=O)NC(C)(C)C)N(Cc1ccc(Cl)c(Cl)c1)C(=O)CN(c1cccc(Cl)c1)S(=O)(=O)c1ccc(C)cc1. The van der Waals surface area contributed by atoms with Crippen LogP contribution in [-0.4, -0.2) is 43.3 Å². The number of hydrogen-bond acceptors (Lipinski definition) is 4. The summed E-state index contributed by atoms with van der Waals surface area (Å²) in [6, 6.07) is 16.7. The van der Waals surface area contributed by atoms with Gasteiger partial charge in [-0.05, 0) is 82.1 Å². The summed E-state index contributed by atoms with van der Waals surface area (Å²) in [5, 5.41) is 3.89. The maximum Gasteiger partial charge on any atom is 0.264 e. The molecule has 0 aliphatic carbocycles. The monoisotopic (exact) mass is 637 g/mol. The number of carbonyl (C=O) groups excluding carboxylic acids is 2. The molecule has 0 spiro atoms. The molecule has 1 N–H and O–H groups in total. The fraction of sp³-hybridized carbons (Fsp3) is 0.333. The Hall–Kier alpha value is -2.78. The zero-order chi connectivity index (χ0) is 30.5. The lowest BCUT2D eigenvalue weighted by Gasteiger charge is -2.34. The standard InChI is InChI=1S/C30H34Cl3N3O4S/c1-6-27(29(38)34-30(3,4)5)35(18-21-12-15-25(32)26(33)16-21)28(37)19-36(23-9-7-8-22(31)17-23)41(39,40)24-13-10-20(2)11-14-24/h7-17,27H,6,18-19H2,1-5H3,(H,34,38). The Morgan fingerprint density at radius 3 is 2.15 bits per heavy atom. The molecule has 0 saturated carbocycles. The highest BCUT2D eigenvalue weighted by molar-refractivity contribution is 7.92. The van der Waals surface area contributed by atoms with Crippen LogP contribution < -0.4 is 9.62 Å². The predicted octanol–water partition coefficient (Wildman–Crippen LogP) is 6.87. The smallest absolute Gasteiger partial charge is 0.264 e. The van der Waals surface area contributed by atoms with Crippen LogP contribution in [0.4, 0.5) is 5.69 Å². The van der Waals surface area contributed by atoms with E-state index in [4.69, 9.17) is 34.8 Å². The van der Waals surface area contributed by atoms with Crippen LogP contribution in [0.3, 0.4) is 0 Å². The Balaban J connectivity index is 2.09. The van der Waals surface area contributed by atoms with Gasteiger partial charge in [0.25, 0.3) is 10.0 Å². The highest BCUT2D eigenvalue weighted by Gasteiger charge is 2.34. The van der Waals surface area contributed by atoms with Crippen LogP contribution in [0, 0.1) is 6.92 Å². The fourth-order valence-corrected chi connectivity index (χ4v) is 6.12. The summed E-state index contributed by atoms with van der Waals surface area (Å²) in [5.74, 6) is -0.938. The van der Waals surface area contributed by atoms with E-state index in [1.807, 2.05) is 27.7 Å². The quantitative estimate of drug-likeness (QED) is 0.263. The van der Waals surface area contributed by atoms with Crippen LogP contribution in [0.25, 0.3) is 0 Å². The van der Waals surface area contributed by atoms with Gasteiger partial charge >= 0.3 is 0 Å². The number of carbonyl (C=O) groups is 2. The number of sulfonamides is 1. The van der Waals surface area contributed by atoms with Gasteiger partial charge < -0.3 is 10.2 Å². The number of halogens is 3. The minimum absolute atomic E-state index is 0.000241. The average Bonchev–Trinajstić information content (AvgIpc) is 2.88. The molecule has 0 aliphatic rings. The minimum atomic E-state index is -4.19. The molecule has 1 unspecified atom stereocenters. The first-order valence-corrected chi connectivity index (χ1v) is 15.6. The third-order valence-corrected chi connectivity index (χ3v) is 8.97. The van der Waals surface area contributed by atoms with Crippen LogP contribution in [-0.2, 0) is 26.2 Å². The second kappa shape index (κ2) is 13.5. The predicted molar refractivity (Wildman–Crippen MR) is 166 cm³/mol. The molecule has 41 heavy (non-hydrogen) atoms. The number of nitrogens with zero attached hydrogens (tertiary/aromatic N) is 2. The van der Waals surface area contributed by atoms with Crippen molar-refractivity contribution in [2.45, 2.75) is 64.1 Å². The van der Waals surface area contributed by atoms with Gasteiger partial charge in [0.2, 0.25) is 11.8 Å². The molecular weight excluding hydrogens is 605 g/mol. The Morgan fingerprint density at radius 1 is 0.927 bits per heavy atom. The van der Waals surface area contributed by atoms with Gasteiger partial charge in [-0.2, -0.15) is 0 Å². The zero-order valence-corrected chi connectivity index (χ0v) is 26.7. The van der Waals surface area contributed by atoms with Gasteiger partial charge in [-0.15, -0.1) is 0 Å². The van der Waals surface area contributed by atoms with Gasteiger partial charge in [-0.1, -0.05) is 71.6 Å².